The van der Waals surface area contributed by atoms with Gasteiger partial charge < -0.3 is 9.67 Å². The van der Waals surface area contributed by atoms with Gasteiger partial charge in [0.05, 0.1) is 18.4 Å². The second-order valence-electron chi connectivity index (χ2n) is 7.53. The molecular weight excluding hydrogens is 252 g/mol. The van der Waals surface area contributed by atoms with Crippen molar-refractivity contribution in [3.8, 4) is 0 Å². The molecule has 108 valence electrons. The number of carbonyl (C=O) groups is 1. The van der Waals surface area contributed by atoms with E-state index < -0.39 is 5.97 Å². The van der Waals surface area contributed by atoms with Crippen molar-refractivity contribution in [3.63, 3.8) is 0 Å². The van der Waals surface area contributed by atoms with Gasteiger partial charge in [-0.1, -0.05) is 0 Å². The van der Waals surface area contributed by atoms with Crippen molar-refractivity contribution in [2.24, 2.45) is 23.2 Å². The molecule has 0 saturated heterocycles. The average molecular weight is 274 g/mol. The van der Waals surface area contributed by atoms with Crippen LogP contribution in [0, 0.1) is 23.2 Å². The second kappa shape index (κ2) is 4.34. The minimum atomic E-state index is -0.801. The van der Waals surface area contributed by atoms with Gasteiger partial charge in [-0.3, -0.25) is 4.79 Å². The van der Waals surface area contributed by atoms with Crippen molar-refractivity contribution in [3.05, 3.63) is 18.2 Å². The lowest BCUT2D eigenvalue weighted by Gasteiger charge is -2.57. The molecule has 0 atom stereocenters. The fourth-order valence-corrected chi connectivity index (χ4v) is 5.61. The summed E-state index contributed by atoms with van der Waals surface area (Å²) >= 11 is 0. The van der Waals surface area contributed by atoms with Gasteiger partial charge in [-0.15, -0.1) is 0 Å². The number of aliphatic carboxylic acids is 1. The van der Waals surface area contributed by atoms with Crippen LogP contribution >= 0.6 is 0 Å². The molecule has 4 nitrogen and oxygen atoms in total. The van der Waals surface area contributed by atoms with Crippen LogP contribution in [0.1, 0.15) is 44.2 Å². The number of rotatable bonds is 4. The third-order valence-electron chi connectivity index (χ3n) is 5.70. The molecule has 1 N–H and O–H groups in total. The summed E-state index contributed by atoms with van der Waals surface area (Å²) in [6.45, 7) is 1.04. The van der Waals surface area contributed by atoms with Crippen LogP contribution in [-0.4, -0.2) is 20.6 Å². The molecule has 4 fully saturated rings. The van der Waals surface area contributed by atoms with Crippen LogP contribution in [0.25, 0.3) is 0 Å². The van der Waals surface area contributed by atoms with Crippen molar-refractivity contribution >= 4 is 5.97 Å². The molecule has 0 aliphatic heterocycles. The topological polar surface area (TPSA) is 55.1 Å². The molecule has 0 aromatic carbocycles. The first kappa shape index (κ1) is 12.4. The molecule has 0 radical (unpaired) electrons. The van der Waals surface area contributed by atoms with Gasteiger partial charge >= 0.3 is 5.97 Å². The first-order chi connectivity index (χ1) is 9.60. The zero-order chi connectivity index (χ0) is 13.7. The molecule has 4 bridgehead atoms. The Kier molecular flexibility index (Phi) is 2.69. The third-order valence-corrected chi connectivity index (χ3v) is 5.70. The molecule has 1 heterocycles. The Bertz CT molecular complexity index is 499. The number of hydrogen-bond acceptors (Lipinski definition) is 2. The lowest BCUT2D eigenvalue weighted by molar-refractivity contribution is -0.136. The fraction of sp³-hybridized carbons (Fsp3) is 0.750. The van der Waals surface area contributed by atoms with Crippen LogP contribution in [0.4, 0.5) is 0 Å². The quantitative estimate of drug-likeness (QED) is 0.918. The van der Waals surface area contributed by atoms with E-state index in [2.05, 4.69) is 9.55 Å². The lowest BCUT2D eigenvalue weighted by atomic mass is 9.49. The molecule has 4 aliphatic rings. The summed E-state index contributed by atoms with van der Waals surface area (Å²) in [6, 6.07) is 0. The summed E-state index contributed by atoms with van der Waals surface area (Å²) in [5, 5.41) is 8.83. The second-order valence-corrected chi connectivity index (χ2v) is 7.53. The molecule has 0 spiro atoms. The van der Waals surface area contributed by atoms with E-state index in [1.54, 1.807) is 0 Å². The summed E-state index contributed by atoms with van der Waals surface area (Å²) in [5.41, 5.74) is 1.16. The molecule has 5 rings (SSSR count). The smallest absolute Gasteiger partial charge is 0.309 e. The Hall–Kier alpha value is -1.32. The van der Waals surface area contributed by atoms with Crippen LogP contribution in [0.3, 0.4) is 0 Å². The molecule has 1 aromatic rings. The highest BCUT2D eigenvalue weighted by atomic mass is 16.4. The maximum Gasteiger partial charge on any atom is 0.309 e. The number of nitrogens with zero attached hydrogens (tertiary/aromatic N) is 2. The van der Waals surface area contributed by atoms with E-state index in [1.807, 2.05) is 12.5 Å². The van der Waals surface area contributed by atoms with Gasteiger partial charge in [0, 0.05) is 12.7 Å². The van der Waals surface area contributed by atoms with Crippen molar-refractivity contribution in [2.75, 3.05) is 0 Å². The van der Waals surface area contributed by atoms with E-state index in [1.165, 1.54) is 38.5 Å². The Morgan fingerprint density at radius 3 is 2.40 bits per heavy atom. The Morgan fingerprint density at radius 1 is 1.25 bits per heavy atom. The molecule has 4 saturated carbocycles. The third kappa shape index (κ3) is 2.15. The van der Waals surface area contributed by atoms with Gasteiger partial charge in [0.2, 0.25) is 0 Å². The zero-order valence-electron chi connectivity index (χ0n) is 11.8. The van der Waals surface area contributed by atoms with Crippen LogP contribution < -0.4 is 0 Å². The maximum absolute atomic E-state index is 10.7. The number of hydrogen-bond donors (Lipinski definition) is 1. The maximum atomic E-state index is 10.7. The van der Waals surface area contributed by atoms with Crippen molar-refractivity contribution in [2.45, 2.75) is 51.5 Å². The Labute approximate surface area is 119 Å². The van der Waals surface area contributed by atoms with E-state index in [-0.39, 0.29) is 6.42 Å². The molecule has 1 aromatic heterocycles. The van der Waals surface area contributed by atoms with Crippen LogP contribution in [-0.2, 0) is 17.8 Å². The normalized spacial score (nSPS) is 38.3. The van der Waals surface area contributed by atoms with E-state index in [9.17, 15) is 4.79 Å². The van der Waals surface area contributed by atoms with E-state index in [0.29, 0.717) is 11.1 Å². The number of imidazole rings is 1. The summed E-state index contributed by atoms with van der Waals surface area (Å²) in [5.74, 6) is 2.08. The minimum absolute atomic E-state index is 0.0356. The largest absolute Gasteiger partial charge is 0.481 e. The predicted octanol–water partition coefficient (Wildman–Crippen LogP) is 2.73. The summed E-state index contributed by atoms with van der Waals surface area (Å²) in [7, 11) is 0. The van der Waals surface area contributed by atoms with E-state index >= 15 is 0 Å². The van der Waals surface area contributed by atoms with Gasteiger partial charge in [-0.25, -0.2) is 4.98 Å². The highest BCUT2D eigenvalue weighted by Crippen LogP contribution is 2.60. The molecule has 0 amide bonds. The van der Waals surface area contributed by atoms with E-state index in [0.717, 1.165) is 24.3 Å². The van der Waals surface area contributed by atoms with Crippen molar-refractivity contribution < 1.29 is 9.90 Å². The summed E-state index contributed by atoms with van der Waals surface area (Å²) in [6.07, 6.45) is 12.3. The van der Waals surface area contributed by atoms with Crippen LogP contribution in [0.5, 0.6) is 0 Å². The minimum Gasteiger partial charge on any atom is -0.481 e. The van der Waals surface area contributed by atoms with Gasteiger partial charge in [-0.05, 0) is 61.7 Å². The highest BCUT2D eigenvalue weighted by Gasteiger charge is 2.50. The first-order valence-electron chi connectivity index (χ1n) is 7.83. The highest BCUT2D eigenvalue weighted by molar-refractivity contribution is 5.69. The Balaban J connectivity index is 1.51. The average Bonchev–Trinajstić information content (AvgIpc) is 2.72. The van der Waals surface area contributed by atoms with Crippen molar-refractivity contribution in [1.29, 1.82) is 0 Å². The summed E-state index contributed by atoms with van der Waals surface area (Å²) < 4.78 is 2.14. The number of carboxylic acids is 1. The SMILES string of the molecule is O=C(O)Cc1cn(CC23CC4CC(CC(C4)C2)C3)cn1. The number of carboxylic acid groups (broad SMARTS) is 1. The molecule has 4 heteroatoms. The zero-order valence-corrected chi connectivity index (χ0v) is 11.8. The van der Waals surface area contributed by atoms with E-state index in [4.69, 9.17) is 5.11 Å². The first-order valence-corrected chi connectivity index (χ1v) is 7.83. The molecule has 4 aliphatic carbocycles. The van der Waals surface area contributed by atoms with Gasteiger partial charge in [0.1, 0.15) is 0 Å². The lowest BCUT2D eigenvalue weighted by Crippen LogP contribution is -2.47. The van der Waals surface area contributed by atoms with Crippen LogP contribution in [0.2, 0.25) is 0 Å². The Morgan fingerprint density at radius 2 is 1.85 bits per heavy atom. The van der Waals surface area contributed by atoms with Gasteiger partial charge in [0.25, 0.3) is 0 Å². The molecular formula is C16H22N2O2. The standard InChI is InChI=1S/C16H22N2O2/c19-15(20)4-14-8-18(10-17-14)9-16-5-11-1-12(6-16)3-13(2-11)7-16/h8,10-13H,1-7,9H2,(H,19,20). The summed E-state index contributed by atoms with van der Waals surface area (Å²) in [4.78, 5) is 15.0. The molecule has 20 heavy (non-hydrogen) atoms. The van der Waals surface area contributed by atoms with Crippen LogP contribution in [0.15, 0.2) is 12.5 Å². The fourth-order valence-electron chi connectivity index (χ4n) is 5.61. The predicted molar refractivity (Wildman–Crippen MR) is 74.2 cm³/mol. The van der Waals surface area contributed by atoms with Gasteiger partial charge in [0.15, 0.2) is 0 Å². The molecule has 0 unspecified atom stereocenters. The number of aromatic nitrogens is 2. The van der Waals surface area contributed by atoms with Crippen molar-refractivity contribution in [1.82, 2.24) is 9.55 Å². The van der Waals surface area contributed by atoms with Gasteiger partial charge in [-0.2, -0.15) is 0 Å². The monoisotopic (exact) mass is 274 g/mol.